The molecule has 1 aliphatic heterocycles. The summed E-state index contributed by atoms with van der Waals surface area (Å²) in [6.07, 6.45) is 28.7. The molecule has 2 N–H and O–H groups in total. The van der Waals surface area contributed by atoms with Crippen LogP contribution < -0.4 is 9.47 Å². The highest BCUT2D eigenvalue weighted by Gasteiger charge is 2.64. The van der Waals surface area contributed by atoms with Gasteiger partial charge in [0.2, 0.25) is 5.79 Å². The van der Waals surface area contributed by atoms with Crippen molar-refractivity contribution in [3.8, 4) is 11.5 Å². The molecule has 9 heteroatoms. The smallest absolute Gasteiger partial charge is 0.230 e. The summed E-state index contributed by atoms with van der Waals surface area (Å²) in [5.41, 5.74) is 3.67. The maximum atomic E-state index is 14.7. The van der Waals surface area contributed by atoms with E-state index in [0.29, 0.717) is 30.9 Å². The molecule has 2 aliphatic carbocycles. The van der Waals surface area contributed by atoms with Crippen molar-refractivity contribution in [2.45, 2.75) is 172 Å². The van der Waals surface area contributed by atoms with Gasteiger partial charge in [-0.3, -0.25) is 0 Å². The number of oxime groups is 1. The van der Waals surface area contributed by atoms with E-state index >= 15 is 0 Å². The topological polar surface area (TPSA) is 89.7 Å². The van der Waals surface area contributed by atoms with Gasteiger partial charge in [-0.15, -0.1) is 6.58 Å². The fourth-order valence-corrected chi connectivity index (χ4v) is 11.4. The van der Waals surface area contributed by atoms with Crippen LogP contribution in [0.25, 0.3) is 0 Å². The lowest BCUT2D eigenvalue weighted by Gasteiger charge is -2.58. The van der Waals surface area contributed by atoms with Crippen LogP contribution in [0, 0.1) is 23.6 Å². The molecule has 0 saturated heterocycles. The molecule has 7 nitrogen and oxygen atoms in total. The van der Waals surface area contributed by atoms with Gasteiger partial charge in [0, 0.05) is 36.7 Å². The molecule has 6 atom stereocenters. The molecule has 3 aliphatic rings. The van der Waals surface area contributed by atoms with E-state index in [2.05, 4.69) is 25.6 Å². The molecule has 1 heterocycles. The zero-order valence-corrected chi connectivity index (χ0v) is 38.5. The van der Waals surface area contributed by atoms with Crippen LogP contribution in [0.15, 0.2) is 71.9 Å². The lowest BCUT2D eigenvalue weighted by Crippen LogP contribution is -2.64. The molecule has 0 aromatic heterocycles. The first-order valence-electron chi connectivity index (χ1n) is 24.2. The van der Waals surface area contributed by atoms with E-state index < -0.39 is 5.79 Å². The number of fused-ring (bicyclic) bond motifs is 2. The zero-order chi connectivity index (χ0) is 43.1. The normalized spacial score (nSPS) is 23.5. The molecule has 5 rings (SSSR count). The van der Waals surface area contributed by atoms with Crippen LogP contribution in [-0.2, 0) is 16.2 Å². The van der Waals surface area contributed by atoms with Crippen molar-refractivity contribution >= 4 is 17.5 Å². The Labute approximate surface area is 372 Å². The summed E-state index contributed by atoms with van der Waals surface area (Å²) in [5, 5.41) is 24.5. The maximum Gasteiger partial charge on any atom is 0.230 e. The molecule has 0 bridgehead atoms. The van der Waals surface area contributed by atoms with Gasteiger partial charge >= 0.3 is 0 Å². The van der Waals surface area contributed by atoms with Crippen molar-refractivity contribution in [3.63, 3.8) is 0 Å². The second kappa shape index (κ2) is 27.4. The first kappa shape index (κ1) is 49.2. The standard InChI is InChI=1S/C52H78FNO6S/c1-4-7-8-9-10-11-12-13-14-15-16-17-18-25-35-61-49-38-47(54-59-6-3)44-36-40(26-21-23-32-55)43(28-22-24-33-56)50-45-37-42(57-39-41-27-19-20-29-46(41)53)30-31-48(45)60-52(49,51(44)50)58-34-5-2/h5,19-20,27,29-31,36-37,40,43,49-51,55-56H,2,4,6-18,21-26,28,32-35,38-39H2,1,3H3/t40-,43+,49-,50+,51+,52+/m0/s1. The summed E-state index contributed by atoms with van der Waals surface area (Å²) in [7, 11) is 0. The van der Waals surface area contributed by atoms with Gasteiger partial charge in [0.25, 0.3) is 0 Å². The third kappa shape index (κ3) is 14.1. The number of ether oxygens (including phenoxy) is 3. The number of hydrogen-bond acceptors (Lipinski definition) is 8. The van der Waals surface area contributed by atoms with Crippen molar-refractivity contribution in [1.29, 1.82) is 0 Å². The second-order valence-electron chi connectivity index (χ2n) is 17.5. The van der Waals surface area contributed by atoms with Crippen LogP contribution in [0.4, 0.5) is 4.39 Å². The Kier molecular flexibility index (Phi) is 22.1. The van der Waals surface area contributed by atoms with Crippen molar-refractivity contribution < 1.29 is 33.7 Å². The van der Waals surface area contributed by atoms with Crippen LogP contribution in [0.1, 0.15) is 166 Å². The predicted octanol–water partition coefficient (Wildman–Crippen LogP) is 13.3. The summed E-state index contributed by atoms with van der Waals surface area (Å²) in [6.45, 7) is 9.58. The molecule has 0 spiro atoms. The number of thioether (sulfide) groups is 1. The number of allylic oxidation sites excluding steroid dienone is 1. The van der Waals surface area contributed by atoms with E-state index in [1.807, 2.05) is 43.0 Å². The third-order valence-corrected chi connectivity index (χ3v) is 14.5. The van der Waals surface area contributed by atoms with E-state index in [0.717, 1.165) is 73.3 Å². The quantitative estimate of drug-likeness (QED) is 0.0430. The molecule has 1 saturated carbocycles. The third-order valence-electron chi connectivity index (χ3n) is 13.1. The Morgan fingerprint density at radius 1 is 0.852 bits per heavy atom. The highest BCUT2D eigenvalue weighted by atomic mass is 32.2. The van der Waals surface area contributed by atoms with Gasteiger partial charge in [0.1, 0.15) is 30.5 Å². The molecular formula is C52H78FNO6S. The van der Waals surface area contributed by atoms with Gasteiger partial charge in [0.05, 0.1) is 23.5 Å². The van der Waals surface area contributed by atoms with E-state index in [1.165, 1.54) is 89.5 Å². The van der Waals surface area contributed by atoms with Gasteiger partial charge in [-0.05, 0) is 86.5 Å². The first-order valence-corrected chi connectivity index (χ1v) is 25.2. The number of benzene rings is 2. The Bertz CT molecular complexity index is 1630. The highest BCUT2D eigenvalue weighted by Crippen LogP contribution is 2.62. The largest absolute Gasteiger partial charge is 0.489 e. The monoisotopic (exact) mass is 864 g/mol. The van der Waals surface area contributed by atoms with Crippen LogP contribution in [0.2, 0.25) is 0 Å². The van der Waals surface area contributed by atoms with Gasteiger partial charge in [-0.25, -0.2) is 4.39 Å². The van der Waals surface area contributed by atoms with Crippen molar-refractivity contribution in [3.05, 3.63) is 83.7 Å². The minimum atomic E-state index is -0.982. The summed E-state index contributed by atoms with van der Waals surface area (Å²) in [4.78, 5) is 5.88. The summed E-state index contributed by atoms with van der Waals surface area (Å²) in [5.74, 6) is 1.40. The molecule has 1 fully saturated rings. The van der Waals surface area contributed by atoms with Crippen LogP contribution >= 0.6 is 11.8 Å². The number of unbranched alkanes of at least 4 members (excludes halogenated alkanes) is 15. The molecule has 0 unspecified atom stereocenters. The van der Waals surface area contributed by atoms with Gasteiger partial charge in [-0.2, -0.15) is 11.8 Å². The molecule has 0 radical (unpaired) electrons. The summed E-state index contributed by atoms with van der Waals surface area (Å²) >= 11 is 1.95. The van der Waals surface area contributed by atoms with E-state index in [4.69, 9.17) is 24.2 Å². The average molecular weight is 864 g/mol. The van der Waals surface area contributed by atoms with Crippen molar-refractivity contribution in [2.75, 3.05) is 32.2 Å². The van der Waals surface area contributed by atoms with E-state index in [9.17, 15) is 14.6 Å². The Hall–Kier alpha value is -2.85. The van der Waals surface area contributed by atoms with Crippen LogP contribution in [0.3, 0.4) is 0 Å². The zero-order valence-electron chi connectivity index (χ0n) is 37.6. The summed E-state index contributed by atoms with van der Waals surface area (Å²) < 4.78 is 35.4. The molecular weight excluding hydrogens is 786 g/mol. The van der Waals surface area contributed by atoms with Gasteiger partial charge in [0.15, 0.2) is 0 Å². The fraction of sp³-hybridized carbons (Fsp3) is 0.673. The fourth-order valence-electron chi connectivity index (χ4n) is 10.0. The number of nitrogens with zero attached hydrogens (tertiary/aromatic N) is 1. The van der Waals surface area contributed by atoms with Crippen LogP contribution in [0.5, 0.6) is 11.5 Å². The minimum absolute atomic E-state index is 0.0142. The lowest BCUT2D eigenvalue weighted by atomic mass is 9.56. The number of hydrogen-bond donors (Lipinski definition) is 2. The molecule has 340 valence electrons. The second-order valence-corrected chi connectivity index (χ2v) is 18.8. The Morgan fingerprint density at radius 2 is 1.52 bits per heavy atom. The number of aliphatic hydroxyl groups is 2. The Morgan fingerprint density at radius 3 is 2.18 bits per heavy atom. The Balaban J connectivity index is 1.40. The number of halogens is 1. The average Bonchev–Trinajstić information content (AvgIpc) is 3.27. The van der Waals surface area contributed by atoms with Crippen molar-refractivity contribution in [1.82, 2.24) is 0 Å². The maximum absolute atomic E-state index is 14.7. The summed E-state index contributed by atoms with van der Waals surface area (Å²) in [6, 6.07) is 12.8. The highest BCUT2D eigenvalue weighted by molar-refractivity contribution is 8.00. The van der Waals surface area contributed by atoms with E-state index in [1.54, 1.807) is 12.1 Å². The minimum Gasteiger partial charge on any atom is -0.489 e. The SMILES string of the molecule is C=CCO[C@@]12Oc3ccc(OCc4ccccc4F)cc3[C@H]3[C@H](CCCCO)[C@@H](CCCCO)C=C(C(=NOCC)C[C@@H]1SCCCCCCCCCCCCCCCC)[C@H]32. The predicted molar refractivity (Wildman–Crippen MR) is 250 cm³/mol. The molecule has 2 aromatic rings. The van der Waals surface area contributed by atoms with Crippen molar-refractivity contribution in [2.24, 2.45) is 22.9 Å². The first-order chi connectivity index (χ1) is 30.0. The van der Waals surface area contributed by atoms with Crippen LogP contribution in [-0.4, -0.2) is 59.1 Å². The van der Waals surface area contributed by atoms with Gasteiger partial charge < -0.3 is 29.3 Å². The van der Waals surface area contributed by atoms with Gasteiger partial charge in [-0.1, -0.05) is 139 Å². The molecule has 0 amide bonds. The number of aliphatic hydroxyl groups excluding tert-OH is 2. The van der Waals surface area contributed by atoms with E-state index in [-0.39, 0.29) is 54.6 Å². The number of rotatable bonds is 32. The lowest BCUT2D eigenvalue weighted by molar-refractivity contribution is -0.223. The molecule has 61 heavy (non-hydrogen) atoms. The molecule has 2 aromatic carbocycles.